The van der Waals surface area contributed by atoms with Crippen LogP contribution in [0.1, 0.15) is 70.1 Å². The van der Waals surface area contributed by atoms with Gasteiger partial charge in [0.1, 0.15) is 23.9 Å². The van der Waals surface area contributed by atoms with Crippen molar-refractivity contribution in [3.05, 3.63) is 95.8 Å². The summed E-state index contributed by atoms with van der Waals surface area (Å²) in [5.74, 6) is 0.147. The molecule has 210 valence electrons. The van der Waals surface area contributed by atoms with Crippen molar-refractivity contribution < 1.29 is 23.8 Å². The summed E-state index contributed by atoms with van der Waals surface area (Å²) in [7, 11) is 1.57. The van der Waals surface area contributed by atoms with E-state index in [2.05, 4.69) is 20.4 Å². The van der Waals surface area contributed by atoms with Crippen molar-refractivity contribution in [2.75, 3.05) is 7.11 Å². The average Bonchev–Trinajstić information content (AvgIpc) is 3.83. The number of carboxylic acids is 1. The number of carbonyl (C=O) groups is 1. The molecule has 1 fully saturated rings. The molecule has 4 rings (SSSR count). The molecule has 0 atom stereocenters. The summed E-state index contributed by atoms with van der Waals surface area (Å²) in [6.07, 6.45) is 7.62. The van der Waals surface area contributed by atoms with Gasteiger partial charge in [0.2, 0.25) is 0 Å². The van der Waals surface area contributed by atoms with Crippen LogP contribution in [0.2, 0.25) is 0 Å². The van der Waals surface area contributed by atoms with Gasteiger partial charge in [-0.05, 0) is 70.8 Å². The first-order valence-electron chi connectivity index (χ1n) is 13.7. The minimum absolute atomic E-state index is 0.0776. The van der Waals surface area contributed by atoms with Crippen molar-refractivity contribution in [2.45, 2.75) is 72.8 Å². The fraction of sp³-hybridized carbons (Fsp3) is 0.382. The van der Waals surface area contributed by atoms with Crippen molar-refractivity contribution in [3.8, 4) is 22.6 Å². The smallest absolute Gasteiger partial charge is 0.303 e. The van der Waals surface area contributed by atoms with Gasteiger partial charge >= 0.3 is 5.97 Å². The molecule has 0 aromatic heterocycles. The zero-order valence-corrected chi connectivity index (χ0v) is 24.1. The van der Waals surface area contributed by atoms with Crippen molar-refractivity contribution >= 4 is 5.97 Å². The van der Waals surface area contributed by atoms with Crippen LogP contribution in [0, 0.1) is 11.2 Å². The van der Waals surface area contributed by atoms with E-state index in [9.17, 15) is 9.18 Å². The first kappa shape index (κ1) is 31.6. The number of hydrogen-bond donors (Lipinski definition) is 1. The largest absolute Gasteiger partial charge is 0.497 e. The van der Waals surface area contributed by atoms with Gasteiger partial charge in [0.15, 0.2) is 0 Å². The number of ether oxygens (including phenoxy) is 2. The van der Waals surface area contributed by atoms with Crippen LogP contribution in [0.3, 0.4) is 0 Å². The highest BCUT2D eigenvalue weighted by Gasteiger charge is 2.19. The van der Waals surface area contributed by atoms with Gasteiger partial charge in [-0.15, -0.1) is 6.58 Å². The molecule has 3 aromatic rings. The van der Waals surface area contributed by atoms with Crippen molar-refractivity contribution in [1.82, 2.24) is 0 Å². The Morgan fingerprint density at radius 2 is 1.69 bits per heavy atom. The summed E-state index contributed by atoms with van der Waals surface area (Å²) >= 11 is 0. The zero-order chi connectivity index (χ0) is 28.8. The Hall–Kier alpha value is -3.60. The molecule has 0 saturated heterocycles. The lowest BCUT2D eigenvalue weighted by Crippen LogP contribution is -2.12. The maximum absolute atomic E-state index is 14.8. The van der Waals surface area contributed by atoms with Gasteiger partial charge in [-0.2, -0.15) is 0 Å². The third kappa shape index (κ3) is 11.0. The van der Waals surface area contributed by atoms with Crippen LogP contribution in [0.4, 0.5) is 4.39 Å². The predicted octanol–water partition coefficient (Wildman–Crippen LogP) is 9.05. The van der Waals surface area contributed by atoms with Crippen LogP contribution in [0.25, 0.3) is 11.1 Å². The van der Waals surface area contributed by atoms with E-state index in [4.69, 9.17) is 14.6 Å². The molecule has 1 N–H and O–H groups in total. The summed E-state index contributed by atoms with van der Waals surface area (Å²) in [4.78, 5) is 10.8. The van der Waals surface area contributed by atoms with Crippen molar-refractivity contribution in [1.29, 1.82) is 0 Å². The molecule has 3 aromatic carbocycles. The van der Waals surface area contributed by atoms with E-state index in [1.165, 1.54) is 25.3 Å². The van der Waals surface area contributed by atoms with Crippen LogP contribution in [0.15, 0.2) is 73.3 Å². The number of rotatable bonds is 11. The van der Waals surface area contributed by atoms with Crippen LogP contribution < -0.4 is 9.47 Å². The number of aryl methyl sites for hydroxylation is 1. The molecule has 0 aliphatic heterocycles. The molecule has 1 saturated carbocycles. The van der Waals surface area contributed by atoms with E-state index in [0.29, 0.717) is 36.5 Å². The van der Waals surface area contributed by atoms with E-state index in [0.717, 1.165) is 22.3 Å². The molecule has 1 aliphatic rings. The average molecular weight is 535 g/mol. The van der Waals surface area contributed by atoms with Crippen molar-refractivity contribution in [2.24, 2.45) is 5.41 Å². The second-order valence-corrected chi connectivity index (χ2v) is 10.1. The molecule has 0 bridgehead atoms. The van der Waals surface area contributed by atoms with E-state index in [-0.39, 0.29) is 17.7 Å². The third-order valence-electron chi connectivity index (χ3n) is 6.12. The monoisotopic (exact) mass is 534 g/mol. The minimum atomic E-state index is -0.825. The number of methoxy groups -OCH3 is 1. The van der Waals surface area contributed by atoms with E-state index >= 15 is 0 Å². The number of aliphatic carboxylic acids is 1. The van der Waals surface area contributed by atoms with Gasteiger partial charge in [0.05, 0.1) is 7.11 Å². The summed E-state index contributed by atoms with van der Waals surface area (Å²) in [6.45, 7) is 12.5. The molecule has 0 spiro atoms. The lowest BCUT2D eigenvalue weighted by molar-refractivity contribution is -0.136. The lowest BCUT2D eigenvalue weighted by atomic mass is 9.82. The first-order valence-corrected chi connectivity index (χ1v) is 13.7. The van der Waals surface area contributed by atoms with Gasteiger partial charge in [0, 0.05) is 12.0 Å². The van der Waals surface area contributed by atoms with E-state index in [1.807, 2.05) is 62.4 Å². The number of halogens is 1. The van der Waals surface area contributed by atoms with Crippen LogP contribution >= 0.6 is 0 Å². The Morgan fingerprint density at radius 3 is 2.31 bits per heavy atom. The molecule has 39 heavy (non-hydrogen) atoms. The maximum Gasteiger partial charge on any atom is 0.303 e. The lowest BCUT2D eigenvalue weighted by Gasteiger charge is -2.23. The maximum atomic E-state index is 14.8. The molecular formula is C34H43FO4. The molecule has 0 unspecified atom stereocenters. The highest BCUT2D eigenvalue weighted by molar-refractivity contribution is 5.70. The molecule has 0 heterocycles. The number of carboxylic acid groups (broad SMARTS) is 1. The third-order valence-corrected chi connectivity index (χ3v) is 6.12. The Morgan fingerprint density at radius 1 is 0.974 bits per heavy atom. The van der Waals surface area contributed by atoms with Crippen LogP contribution in [-0.2, 0) is 24.2 Å². The normalized spacial score (nSPS) is 11.7. The van der Waals surface area contributed by atoms with Gasteiger partial charge < -0.3 is 14.6 Å². The van der Waals surface area contributed by atoms with Crippen LogP contribution in [-0.4, -0.2) is 18.2 Å². The summed E-state index contributed by atoms with van der Waals surface area (Å²) in [5, 5.41) is 8.90. The summed E-state index contributed by atoms with van der Waals surface area (Å²) in [6, 6.07) is 18.1. The van der Waals surface area contributed by atoms with Gasteiger partial charge in [-0.3, -0.25) is 4.79 Å². The number of allylic oxidation sites excluding steroid dienone is 1. The van der Waals surface area contributed by atoms with E-state index < -0.39 is 5.97 Å². The fourth-order valence-corrected chi connectivity index (χ4v) is 3.76. The Bertz CT molecular complexity index is 1210. The zero-order valence-electron chi connectivity index (χ0n) is 24.1. The first-order chi connectivity index (χ1) is 18.7. The highest BCUT2D eigenvalue weighted by atomic mass is 19.1. The Labute approximate surface area is 233 Å². The topological polar surface area (TPSA) is 55.8 Å². The Kier molecular flexibility index (Phi) is 12.7. The highest BCUT2D eigenvalue weighted by Crippen LogP contribution is 2.34. The van der Waals surface area contributed by atoms with Gasteiger partial charge in [0.25, 0.3) is 0 Å². The quantitative estimate of drug-likeness (QED) is 0.249. The molecule has 5 heteroatoms. The van der Waals surface area contributed by atoms with Crippen LogP contribution in [0.5, 0.6) is 11.5 Å². The fourth-order valence-electron chi connectivity index (χ4n) is 3.76. The molecule has 1 aliphatic carbocycles. The summed E-state index contributed by atoms with van der Waals surface area (Å²) in [5.41, 5.74) is 3.99. The van der Waals surface area contributed by atoms with E-state index in [1.54, 1.807) is 19.2 Å². The molecule has 4 nitrogen and oxygen atoms in total. The molecule has 0 radical (unpaired) electrons. The minimum Gasteiger partial charge on any atom is -0.497 e. The Balaban J connectivity index is 0.000000975. The second kappa shape index (κ2) is 15.7. The predicted molar refractivity (Wildman–Crippen MR) is 158 cm³/mol. The second-order valence-electron chi connectivity index (χ2n) is 10.1. The standard InChI is InChI=1S/C29H31FO4.C3H6.C2H6/c1-5-29(2,3)18-22-15-21(9-12-25(22)26-17-23(33-4)11-13-27(26)30)19-34-24-8-6-7-20(16-24)10-14-28(31)32;1-2-3-1;1-2/h5-9,11-13,15-17H,1,10,14,18-19H2,2-4H3,(H,31,32);1-3H2;1-2H3. The summed E-state index contributed by atoms with van der Waals surface area (Å²) < 4.78 is 26.1. The van der Waals surface area contributed by atoms with Crippen molar-refractivity contribution in [3.63, 3.8) is 0 Å². The van der Waals surface area contributed by atoms with Gasteiger partial charge in [-0.25, -0.2) is 4.39 Å². The molecular weight excluding hydrogens is 491 g/mol. The number of benzene rings is 3. The molecule has 0 amide bonds. The SMILES string of the molecule is C1CC1.C=CC(C)(C)Cc1cc(COc2cccc(CCC(=O)O)c2)ccc1-c1cc(OC)ccc1F.CC. The van der Waals surface area contributed by atoms with Gasteiger partial charge in [-0.1, -0.05) is 83.4 Å². The number of hydrogen-bond acceptors (Lipinski definition) is 3.